The third kappa shape index (κ3) is 3.40. The Hall–Kier alpha value is -2.25. The number of carbonyl (C=O) groups excluding carboxylic acids is 1. The van der Waals surface area contributed by atoms with E-state index in [-0.39, 0.29) is 4.90 Å². The number of nitrogens with zero attached hydrogens (tertiary/aromatic N) is 1. The summed E-state index contributed by atoms with van der Waals surface area (Å²) >= 11 is 5.84. The Balaban J connectivity index is 1.81. The van der Waals surface area contributed by atoms with Crippen LogP contribution < -0.4 is 9.62 Å². The van der Waals surface area contributed by atoms with Crippen molar-refractivity contribution in [3.63, 3.8) is 0 Å². The van der Waals surface area contributed by atoms with Crippen LogP contribution in [-0.4, -0.2) is 27.7 Å². The largest absolute Gasteiger partial charge is 0.447 e. The molecule has 2 aromatic carbocycles. The van der Waals surface area contributed by atoms with Gasteiger partial charge in [0.25, 0.3) is 10.0 Å². The highest BCUT2D eigenvalue weighted by molar-refractivity contribution is 7.92. The summed E-state index contributed by atoms with van der Waals surface area (Å²) in [5.74, 6) is 0. The van der Waals surface area contributed by atoms with E-state index in [1.165, 1.54) is 23.1 Å². The molecule has 6 nitrogen and oxygen atoms in total. The van der Waals surface area contributed by atoms with Crippen molar-refractivity contribution >= 4 is 39.1 Å². The van der Waals surface area contributed by atoms with E-state index in [9.17, 15) is 13.2 Å². The van der Waals surface area contributed by atoms with Gasteiger partial charge in [0, 0.05) is 10.7 Å². The van der Waals surface area contributed by atoms with Crippen LogP contribution in [0.2, 0.25) is 5.02 Å². The molecule has 0 radical (unpaired) electrons. The van der Waals surface area contributed by atoms with Crippen molar-refractivity contribution in [1.29, 1.82) is 0 Å². The second kappa shape index (κ2) is 6.10. The molecule has 1 amide bonds. The van der Waals surface area contributed by atoms with Gasteiger partial charge in [0.05, 0.1) is 17.1 Å². The number of carbonyl (C=O) groups is 1. The molecule has 0 aromatic heterocycles. The maximum Gasteiger partial charge on any atom is 0.414 e. The molecule has 120 valence electrons. The zero-order chi connectivity index (χ0) is 16.4. The molecule has 0 spiro atoms. The molecular formula is C15H13ClN2O4S. The minimum absolute atomic E-state index is 0.0915. The van der Waals surface area contributed by atoms with Crippen LogP contribution in [0.5, 0.6) is 0 Å². The van der Waals surface area contributed by atoms with Gasteiger partial charge in [0.1, 0.15) is 6.61 Å². The Morgan fingerprint density at radius 3 is 2.48 bits per heavy atom. The SMILES string of the molecule is O=C1OCCN1c1ccc(S(=O)(=O)Nc2cccc(Cl)c2)cc1. The molecule has 1 aliphatic heterocycles. The number of rotatable bonds is 4. The average molecular weight is 353 g/mol. The lowest BCUT2D eigenvalue weighted by molar-refractivity contribution is 0.181. The fourth-order valence-corrected chi connectivity index (χ4v) is 3.44. The molecule has 0 bridgehead atoms. The van der Waals surface area contributed by atoms with Gasteiger partial charge < -0.3 is 4.74 Å². The van der Waals surface area contributed by atoms with E-state index < -0.39 is 16.1 Å². The number of amides is 1. The molecule has 8 heteroatoms. The first kappa shape index (κ1) is 15.6. The van der Waals surface area contributed by atoms with Crippen LogP contribution in [0, 0.1) is 0 Å². The summed E-state index contributed by atoms with van der Waals surface area (Å²) in [7, 11) is -3.73. The highest BCUT2D eigenvalue weighted by Gasteiger charge is 2.24. The van der Waals surface area contributed by atoms with E-state index in [2.05, 4.69) is 4.72 Å². The fraction of sp³-hybridized carbons (Fsp3) is 0.133. The van der Waals surface area contributed by atoms with Crippen LogP contribution in [0.15, 0.2) is 53.4 Å². The number of nitrogens with one attached hydrogen (secondary N) is 1. The van der Waals surface area contributed by atoms with E-state index in [4.69, 9.17) is 16.3 Å². The van der Waals surface area contributed by atoms with Gasteiger partial charge in [-0.15, -0.1) is 0 Å². The summed E-state index contributed by atoms with van der Waals surface area (Å²) in [6.45, 7) is 0.779. The standard InChI is InChI=1S/C15H13ClN2O4S/c16-11-2-1-3-12(10-11)17-23(20,21)14-6-4-13(5-7-14)18-8-9-22-15(18)19/h1-7,10,17H,8-9H2. The van der Waals surface area contributed by atoms with Gasteiger partial charge >= 0.3 is 6.09 Å². The molecule has 3 rings (SSSR count). The number of halogens is 1. The van der Waals surface area contributed by atoms with Crippen molar-refractivity contribution < 1.29 is 17.9 Å². The Labute approximate surface area is 138 Å². The van der Waals surface area contributed by atoms with Crippen LogP contribution in [0.4, 0.5) is 16.2 Å². The third-order valence-electron chi connectivity index (χ3n) is 3.30. The third-order valence-corrected chi connectivity index (χ3v) is 4.93. The molecule has 0 atom stereocenters. The van der Waals surface area contributed by atoms with Crippen LogP contribution in [0.3, 0.4) is 0 Å². The van der Waals surface area contributed by atoms with Crippen molar-refractivity contribution in [3.05, 3.63) is 53.6 Å². The highest BCUT2D eigenvalue weighted by Crippen LogP contribution is 2.23. The second-order valence-corrected chi connectivity index (χ2v) is 6.99. The monoisotopic (exact) mass is 352 g/mol. The van der Waals surface area contributed by atoms with Gasteiger partial charge in [-0.05, 0) is 42.5 Å². The van der Waals surface area contributed by atoms with Crippen molar-refractivity contribution in [2.75, 3.05) is 22.8 Å². The summed E-state index contributed by atoms with van der Waals surface area (Å²) in [4.78, 5) is 13.0. The zero-order valence-electron chi connectivity index (χ0n) is 11.9. The molecular weight excluding hydrogens is 340 g/mol. The van der Waals surface area contributed by atoms with E-state index in [1.807, 2.05) is 0 Å². The van der Waals surface area contributed by atoms with Crippen LogP contribution in [0.25, 0.3) is 0 Å². The summed E-state index contributed by atoms with van der Waals surface area (Å²) in [5.41, 5.74) is 0.971. The topological polar surface area (TPSA) is 75.7 Å². The first-order chi connectivity index (χ1) is 11.0. The van der Waals surface area contributed by atoms with Gasteiger partial charge in [-0.3, -0.25) is 9.62 Å². The number of cyclic esters (lactones) is 1. The molecule has 1 aliphatic rings. The minimum atomic E-state index is -3.73. The first-order valence-corrected chi connectivity index (χ1v) is 8.64. The number of sulfonamides is 1. The smallest absolute Gasteiger partial charge is 0.414 e. The summed E-state index contributed by atoms with van der Waals surface area (Å²) in [5, 5.41) is 0.438. The summed E-state index contributed by atoms with van der Waals surface area (Å²) in [6, 6.07) is 12.5. The number of ether oxygens (including phenoxy) is 1. The lowest BCUT2D eigenvalue weighted by Crippen LogP contribution is -2.23. The Morgan fingerprint density at radius 2 is 1.87 bits per heavy atom. The molecule has 0 saturated carbocycles. The fourth-order valence-electron chi connectivity index (χ4n) is 2.20. The number of benzene rings is 2. The zero-order valence-corrected chi connectivity index (χ0v) is 13.5. The average Bonchev–Trinajstić information content (AvgIpc) is 2.93. The van der Waals surface area contributed by atoms with Crippen molar-refractivity contribution in [2.24, 2.45) is 0 Å². The lowest BCUT2D eigenvalue weighted by atomic mass is 10.3. The summed E-state index contributed by atoms with van der Waals surface area (Å²) in [6.07, 6.45) is -0.433. The van der Waals surface area contributed by atoms with Crippen molar-refractivity contribution in [1.82, 2.24) is 0 Å². The molecule has 0 aliphatic carbocycles. The van der Waals surface area contributed by atoms with E-state index in [0.717, 1.165) is 0 Å². The predicted octanol–water partition coefficient (Wildman–Crippen LogP) is 3.10. The van der Waals surface area contributed by atoms with Gasteiger partial charge in [0.2, 0.25) is 0 Å². The van der Waals surface area contributed by atoms with Crippen molar-refractivity contribution in [3.8, 4) is 0 Å². The number of anilines is 2. The Morgan fingerprint density at radius 1 is 1.13 bits per heavy atom. The van der Waals surface area contributed by atoms with Gasteiger partial charge in [0.15, 0.2) is 0 Å². The second-order valence-electron chi connectivity index (χ2n) is 4.88. The molecule has 1 heterocycles. The van der Waals surface area contributed by atoms with Crippen LogP contribution >= 0.6 is 11.6 Å². The Kier molecular flexibility index (Phi) is 4.14. The molecule has 2 aromatic rings. The predicted molar refractivity (Wildman–Crippen MR) is 87.4 cm³/mol. The van der Waals surface area contributed by atoms with Crippen LogP contribution in [0.1, 0.15) is 0 Å². The molecule has 1 fully saturated rings. The molecule has 23 heavy (non-hydrogen) atoms. The molecule has 1 N–H and O–H groups in total. The van der Waals surface area contributed by atoms with Gasteiger partial charge in [-0.1, -0.05) is 17.7 Å². The van der Waals surface area contributed by atoms with Gasteiger partial charge in [-0.2, -0.15) is 0 Å². The highest BCUT2D eigenvalue weighted by atomic mass is 35.5. The number of hydrogen-bond donors (Lipinski definition) is 1. The van der Waals surface area contributed by atoms with Crippen molar-refractivity contribution in [2.45, 2.75) is 4.90 Å². The van der Waals surface area contributed by atoms with Crippen LogP contribution in [-0.2, 0) is 14.8 Å². The summed E-state index contributed by atoms with van der Waals surface area (Å²) < 4.78 is 32.0. The van der Waals surface area contributed by atoms with E-state index in [1.54, 1.807) is 30.3 Å². The molecule has 1 saturated heterocycles. The number of hydrogen-bond acceptors (Lipinski definition) is 4. The lowest BCUT2D eigenvalue weighted by Gasteiger charge is -2.13. The van der Waals surface area contributed by atoms with E-state index >= 15 is 0 Å². The van der Waals surface area contributed by atoms with E-state index in [0.29, 0.717) is 29.5 Å². The quantitative estimate of drug-likeness (QED) is 0.917. The molecule has 0 unspecified atom stereocenters. The minimum Gasteiger partial charge on any atom is -0.447 e. The maximum absolute atomic E-state index is 12.4. The Bertz CT molecular complexity index is 837. The normalized spacial score (nSPS) is 14.7. The first-order valence-electron chi connectivity index (χ1n) is 6.78. The maximum atomic E-state index is 12.4. The van der Waals surface area contributed by atoms with Gasteiger partial charge in [-0.25, -0.2) is 13.2 Å².